The van der Waals surface area contributed by atoms with Crippen molar-refractivity contribution in [1.82, 2.24) is 14.9 Å². The van der Waals surface area contributed by atoms with Crippen LogP contribution in [0.15, 0.2) is 6.33 Å². The zero-order valence-corrected chi connectivity index (χ0v) is 12.6. The summed E-state index contributed by atoms with van der Waals surface area (Å²) in [6.45, 7) is 7.36. The molecule has 0 saturated heterocycles. The normalized spacial score (nSPS) is 13.1. The molecule has 1 heterocycles. The monoisotopic (exact) mass is 270 g/mol. The van der Waals surface area contributed by atoms with E-state index in [9.17, 15) is 0 Å². The van der Waals surface area contributed by atoms with Gasteiger partial charge in [0.2, 0.25) is 0 Å². The first kappa shape index (κ1) is 15.2. The highest BCUT2D eigenvalue weighted by Gasteiger charge is 2.14. The van der Waals surface area contributed by atoms with E-state index in [0.717, 1.165) is 24.3 Å². The summed E-state index contributed by atoms with van der Waals surface area (Å²) in [5.41, 5.74) is 0.909. The van der Waals surface area contributed by atoms with Crippen molar-refractivity contribution in [3.63, 3.8) is 0 Å². The lowest BCUT2D eigenvalue weighted by molar-refractivity contribution is 0.356. The van der Waals surface area contributed by atoms with Crippen LogP contribution in [0.3, 0.4) is 0 Å². The Morgan fingerprint density at radius 3 is 2.56 bits per heavy atom. The van der Waals surface area contributed by atoms with Crippen LogP contribution in [0, 0.1) is 12.8 Å². The number of halogens is 1. The Morgan fingerprint density at radius 2 is 2.00 bits per heavy atom. The summed E-state index contributed by atoms with van der Waals surface area (Å²) >= 11 is 6.01. The second kappa shape index (κ2) is 6.90. The zero-order chi connectivity index (χ0) is 13.7. The first-order valence-corrected chi connectivity index (χ1v) is 6.66. The second-order valence-corrected chi connectivity index (χ2v) is 5.73. The highest BCUT2D eigenvalue weighted by Crippen LogP contribution is 2.20. The molecule has 0 aliphatic carbocycles. The van der Waals surface area contributed by atoms with Crippen LogP contribution < -0.4 is 5.32 Å². The Kier molecular flexibility index (Phi) is 5.82. The first-order valence-electron chi connectivity index (χ1n) is 6.28. The maximum Gasteiger partial charge on any atom is 0.137 e. The summed E-state index contributed by atoms with van der Waals surface area (Å²) in [5, 5.41) is 3.99. The van der Waals surface area contributed by atoms with Crippen LogP contribution in [0.5, 0.6) is 0 Å². The topological polar surface area (TPSA) is 41.1 Å². The lowest BCUT2D eigenvalue weighted by atomic mass is 10.0. The molecule has 0 saturated carbocycles. The molecule has 4 nitrogen and oxygen atoms in total. The predicted octanol–water partition coefficient (Wildman–Crippen LogP) is 2.83. The minimum atomic E-state index is 0.365. The molecule has 0 amide bonds. The minimum Gasteiger partial charge on any atom is -0.366 e. The van der Waals surface area contributed by atoms with Crippen molar-refractivity contribution in [1.29, 1.82) is 0 Å². The van der Waals surface area contributed by atoms with Gasteiger partial charge in [-0.3, -0.25) is 0 Å². The third kappa shape index (κ3) is 4.78. The van der Waals surface area contributed by atoms with Crippen LogP contribution in [0.2, 0.25) is 5.15 Å². The Morgan fingerprint density at radius 1 is 1.33 bits per heavy atom. The second-order valence-electron chi connectivity index (χ2n) is 5.37. The molecular weight excluding hydrogens is 248 g/mol. The summed E-state index contributed by atoms with van der Waals surface area (Å²) in [5.74, 6) is 1.47. The molecule has 18 heavy (non-hydrogen) atoms. The Balaban J connectivity index is 2.78. The number of aromatic nitrogens is 2. The van der Waals surface area contributed by atoms with E-state index in [-0.39, 0.29) is 0 Å². The fourth-order valence-electron chi connectivity index (χ4n) is 1.96. The van der Waals surface area contributed by atoms with E-state index in [2.05, 4.69) is 48.1 Å². The smallest absolute Gasteiger partial charge is 0.137 e. The van der Waals surface area contributed by atoms with E-state index in [4.69, 9.17) is 11.6 Å². The van der Waals surface area contributed by atoms with Crippen molar-refractivity contribution in [2.75, 3.05) is 26.0 Å². The summed E-state index contributed by atoms with van der Waals surface area (Å²) in [7, 11) is 4.16. The Bertz CT molecular complexity index is 369. The molecule has 5 heteroatoms. The molecular formula is C13H23ClN4. The molecule has 0 aliphatic heterocycles. The van der Waals surface area contributed by atoms with E-state index in [1.807, 2.05) is 6.92 Å². The standard InChI is InChI=1S/C13H23ClN4/c1-9(2)6-11(7-18(4)5)17-13-10(3)12(14)15-8-16-13/h8-9,11H,6-7H2,1-5H3,(H,15,16,17). The lowest BCUT2D eigenvalue weighted by Gasteiger charge is -2.25. The number of anilines is 1. The van der Waals surface area contributed by atoms with Crippen LogP contribution in [0.25, 0.3) is 0 Å². The first-order chi connectivity index (χ1) is 8.40. The van der Waals surface area contributed by atoms with Gasteiger partial charge < -0.3 is 10.2 Å². The van der Waals surface area contributed by atoms with Gasteiger partial charge in [-0.25, -0.2) is 9.97 Å². The van der Waals surface area contributed by atoms with E-state index in [1.165, 1.54) is 6.33 Å². The van der Waals surface area contributed by atoms with E-state index in [1.54, 1.807) is 0 Å². The van der Waals surface area contributed by atoms with E-state index < -0.39 is 0 Å². The summed E-state index contributed by atoms with van der Waals surface area (Å²) in [4.78, 5) is 10.4. The van der Waals surface area contributed by atoms with Gasteiger partial charge in [0.25, 0.3) is 0 Å². The van der Waals surface area contributed by atoms with Crippen molar-refractivity contribution in [3.8, 4) is 0 Å². The fraction of sp³-hybridized carbons (Fsp3) is 0.692. The predicted molar refractivity (Wildman–Crippen MR) is 77.2 cm³/mol. The number of rotatable bonds is 6. The number of hydrogen-bond donors (Lipinski definition) is 1. The summed E-state index contributed by atoms with van der Waals surface area (Å²) < 4.78 is 0. The third-order valence-corrected chi connectivity index (χ3v) is 3.09. The highest BCUT2D eigenvalue weighted by molar-refractivity contribution is 6.30. The number of hydrogen-bond acceptors (Lipinski definition) is 4. The molecule has 102 valence electrons. The van der Waals surface area contributed by atoms with Gasteiger partial charge in [0.05, 0.1) is 0 Å². The number of likely N-dealkylation sites (N-methyl/N-ethyl adjacent to an activating group) is 1. The molecule has 1 N–H and O–H groups in total. The largest absolute Gasteiger partial charge is 0.366 e. The van der Waals surface area contributed by atoms with Crippen LogP contribution in [-0.2, 0) is 0 Å². The van der Waals surface area contributed by atoms with E-state index >= 15 is 0 Å². The van der Waals surface area contributed by atoms with Crippen molar-refractivity contribution in [2.45, 2.75) is 33.2 Å². The van der Waals surface area contributed by atoms with Gasteiger partial charge in [0, 0.05) is 18.2 Å². The van der Waals surface area contributed by atoms with Crippen molar-refractivity contribution in [3.05, 3.63) is 17.0 Å². The molecule has 0 bridgehead atoms. The molecule has 0 radical (unpaired) electrons. The Labute approximate surface area is 115 Å². The minimum absolute atomic E-state index is 0.365. The number of nitrogens with zero attached hydrogens (tertiary/aromatic N) is 3. The molecule has 1 unspecified atom stereocenters. The zero-order valence-electron chi connectivity index (χ0n) is 11.9. The average molecular weight is 271 g/mol. The van der Waals surface area contributed by atoms with Gasteiger partial charge in [-0.2, -0.15) is 0 Å². The molecule has 0 aromatic carbocycles. The molecule has 1 rings (SSSR count). The number of nitrogens with one attached hydrogen (secondary N) is 1. The van der Waals surface area contributed by atoms with Gasteiger partial charge in [0.15, 0.2) is 0 Å². The van der Waals surface area contributed by atoms with Gasteiger partial charge in [-0.05, 0) is 33.4 Å². The maximum absolute atomic E-state index is 6.01. The van der Waals surface area contributed by atoms with Crippen molar-refractivity contribution < 1.29 is 0 Å². The van der Waals surface area contributed by atoms with Crippen molar-refractivity contribution >= 4 is 17.4 Å². The maximum atomic E-state index is 6.01. The van der Waals surface area contributed by atoms with Gasteiger partial charge >= 0.3 is 0 Å². The van der Waals surface area contributed by atoms with Crippen LogP contribution in [0.1, 0.15) is 25.8 Å². The van der Waals surface area contributed by atoms with Crippen LogP contribution in [0.4, 0.5) is 5.82 Å². The Hall–Kier alpha value is -0.870. The fourth-order valence-corrected chi connectivity index (χ4v) is 2.09. The highest BCUT2D eigenvalue weighted by atomic mass is 35.5. The van der Waals surface area contributed by atoms with E-state index in [0.29, 0.717) is 17.1 Å². The molecule has 0 spiro atoms. The summed E-state index contributed by atoms with van der Waals surface area (Å²) in [6, 6.07) is 0.365. The molecule has 1 aromatic rings. The SMILES string of the molecule is Cc1c(Cl)ncnc1NC(CC(C)C)CN(C)C. The van der Waals surface area contributed by atoms with Gasteiger partial charge in [-0.1, -0.05) is 25.4 Å². The third-order valence-electron chi connectivity index (χ3n) is 2.70. The molecule has 0 aliphatic rings. The molecule has 1 aromatic heterocycles. The van der Waals surface area contributed by atoms with Crippen LogP contribution in [-0.4, -0.2) is 41.5 Å². The average Bonchev–Trinajstić information content (AvgIpc) is 2.23. The molecule has 0 fully saturated rings. The van der Waals surface area contributed by atoms with Crippen molar-refractivity contribution in [2.24, 2.45) is 5.92 Å². The summed E-state index contributed by atoms with van der Waals surface area (Å²) in [6.07, 6.45) is 2.60. The van der Waals surface area contributed by atoms with Gasteiger partial charge in [0.1, 0.15) is 17.3 Å². The van der Waals surface area contributed by atoms with Crippen LogP contribution >= 0.6 is 11.6 Å². The quantitative estimate of drug-likeness (QED) is 0.807. The lowest BCUT2D eigenvalue weighted by Crippen LogP contribution is -2.34. The molecule has 1 atom stereocenters. The van der Waals surface area contributed by atoms with Gasteiger partial charge in [-0.15, -0.1) is 0 Å².